The first-order chi connectivity index (χ1) is 10.7. The maximum Gasteiger partial charge on any atom is 0.304 e. The van der Waals surface area contributed by atoms with E-state index in [0.29, 0.717) is 12.5 Å². The Morgan fingerprint density at radius 2 is 2.36 bits per heavy atom. The van der Waals surface area contributed by atoms with Gasteiger partial charge in [-0.2, -0.15) is 0 Å². The summed E-state index contributed by atoms with van der Waals surface area (Å²) in [6, 6.07) is 0. The monoisotopic (exact) mass is 320 g/mol. The fraction of sp³-hybridized carbons (Fsp3) is 0.533. The van der Waals surface area contributed by atoms with Crippen LogP contribution in [-0.4, -0.2) is 50.1 Å². The van der Waals surface area contributed by atoms with Gasteiger partial charge in [-0.1, -0.05) is 0 Å². The van der Waals surface area contributed by atoms with Crippen LogP contribution in [0.4, 0.5) is 0 Å². The van der Waals surface area contributed by atoms with Crippen LogP contribution in [0.2, 0.25) is 0 Å². The highest BCUT2D eigenvalue weighted by molar-refractivity contribution is 7.07. The van der Waals surface area contributed by atoms with Crippen molar-refractivity contribution in [2.75, 3.05) is 19.6 Å². The molecule has 22 heavy (non-hydrogen) atoms. The molecule has 1 unspecified atom stereocenters. The Balaban J connectivity index is 1.66. The van der Waals surface area contributed by atoms with E-state index in [1.54, 1.807) is 11.3 Å². The lowest BCUT2D eigenvalue weighted by atomic mass is 9.97. The maximum absolute atomic E-state index is 10.7. The van der Waals surface area contributed by atoms with Crippen LogP contribution in [-0.2, 0) is 11.3 Å². The third kappa shape index (κ3) is 3.72. The average molecular weight is 320 g/mol. The van der Waals surface area contributed by atoms with Crippen molar-refractivity contribution in [2.45, 2.75) is 31.7 Å². The van der Waals surface area contributed by atoms with Crippen molar-refractivity contribution < 1.29 is 9.90 Å². The Labute approximate surface area is 133 Å². The molecule has 0 amide bonds. The smallest absolute Gasteiger partial charge is 0.304 e. The molecule has 3 heterocycles. The molecule has 1 atom stereocenters. The van der Waals surface area contributed by atoms with Gasteiger partial charge in [0.2, 0.25) is 0 Å². The normalized spacial score (nSPS) is 19.4. The summed E-state index contributed by atoms with van der Waals surface area (Å²) in [5, 5.41) is 10.9. The number of aliphatic carboxylic acids is 1. The number of aromatic nitrogens is 3. The van der Waals surface area contributed by atoms with Crippen molar-refractivity contribution in [3.63, 3.8) is 0 Å². The van der Waals surface area contributed by atoms with Crippen LogP contribution in [0.5, 0.6) is 0 Å². The summed E-state index contributed by atoms with van der Waals surface area (Å²) in [4.78, 5) is 21.9. The molecule has 2 aromatic heterocycles. The molecule has 1 aliphatic heterocycles. The van der Waals surface area contributed by atoms with E-state index >= 15 is 0 Å². The molecule has 1 aliphatic rings. The molecular formula is C15H20N4O2S. The zero-order valence-electron chi connectivity index (χ0n) is 12.4. The lowest BCUT2D eigenvalue weighted by Gasteiger charge is -2.32. The highest BCUT2D eigenvalue weighted by atomic mass is 32.1. The summed E-state index contributed by atoms with van der Waals surface area (Å²) in [6.07, 6.45) is 6.26. The second-order valence-electron chi connectivity index (χ2n) is 5.68. The number of hydrogen-bond donors (Lipinski definition) is 1. The van der Waals surface area contributed by atoms with Gasteiger partial charge in [0.15, 0.2) is 0 Å². The summed E-state index contributed by atoms with van der Waals surface area (Å²) in [5.41, 5.74) is 2.91. The molecule has 0 radical (unpaired) electrons. The number of carbonyl (C=O) groups is 1. The summed E-state index contributed by atoms with van der Waals surface area (Å²) in [7, 11) is 0. The quantitative estimate of drug-likeness (QED) is 0.882. The lowest BCUT2D eigenvalue weighted by molar-refractivity contribution is -0.137. The van der Waals surface area contributed by atoms with Crippen LogP contribution in [0.15, 0.2) is 23.3 Å². The molecule has 6 nitrogen and oxygen atoms in total. The molecule has 1 saturated heterocycles. The number of likely N-dealkylation sites (tertiary alicyclic amines) is 1. The van der Waals surface area contributed by atoms with Crippen LogP contribution in [0.1, 0.15) is 36.7 Å². The van der Waals surface area contributed by atoms with Gasteiger partial charge in [-0.3, -0.25) is 4.79 Å². The molecular weight excluding hydrogens is 300 g/mol. The molecule has 7 heteroatoms. The first-order valence-corrected chi connectivity index (χ1v) is 8.49. The second-order valence-corrected chi connectivity index (χ2v) is 6.40. The standard InChI is InChI=1S/C15H20N4O2S/c20-14(21)3-6-18-5-1-2-12(8-18)15-16-4-7-19(15)9-13-10-22-11-17-13/h4,7,10-12H,1-3,5-6,8-9H2,(H,20,21). The van der Waals surface area contributed by atoms with Crippen molar-refractivity contribution in [3.05, 3.63) is 34.8 Å². The van der Waals surface area contributed by atoms with Crippen LogP contribution in [0, 0.1) is 0 Å². The maximum atomic E-state index is 10.7. The molecule has 118 valence electrons. The molecule has 0 bridgehead atoms. The van der Waals surface area contributed by atoms with Crippen LogP contribution in [0.25, 0.3) is 0 Å². The molecule has 1 N–H and O–H groups in total. The number of carboxylic acids is 1. The van der Waals surface area contributed by atoms with E-state index < -0.39 is 5.97 Å². The van der Waals surface area contributed by atoms with Crippen molar-refractivity contribution in [3.8, 4) is 0 Å². The number of carboxylic acid groups (broad SMARTS) is 1. The van der Waals surface area contributed by atoms with Gasteiger partial charge < -0.3 is 14.6 Å². The Morgan fingerprint density at radius 1 is 1.45 bits per heavy atom. The van der Waals surface area contributed by atoms with Gasteiger partial charge in [0, 0.05) is 36.8 Å². The molecule has 2 aromatic rings. The summed E-state index contributed by atoms with van der Waals surface area (Å²) < 4.78 is 2.17. The predicted octanol–water partition coefficient (Wildman–Crippen LogP) is 2.04. The van der Waals surface area contributed by atoms with Crippen LogP contribution in [0.3, 0.4) is 0 Å². The fourth-order valence-corrected chi connectivity index (χ4v) is 3.58. The van der Waals surface area contributed by atoms with Crippen molar-refractivity contribution in [1.82, 2.24) is 19.4 Å². The minimum Gasteiger partial charge on any atom is -0.481 e. The molecule has 0 aliphatic carbocycles. The van der Waals surface area contributed by atoms with Gasteiger partial charge in [0.25, 0.3) is 0 Å². The number of hydrogen-bond acceptors (Lipinski definition) is 5. The summed E-state index contributed by atoms with van der Waals surface area (Å²) in [6.45, 7) is 3.25. The van der Waals surface area contributed by atoms with Crippen LogP contribution < -0.4 is 0 Å². The van der Waals surface area contributed by atoms with E-state index in [2.05, 4.69) is 24.8 Å². The highest BCUT2D eigenvalue weighted by Gasteiger charge is 2.24. The van der Waals surface area contributed by atoms with Gasteiger partial charge in [-0.15, -0.1) is 11.3 Å². The van der Waals surface area contributed by atoms with Crippen molar-refractivity contribution >= 4 is 17.3 Å². The fourth-order valence-electron chi connectivity index (χ4n) is 3.03. The molecule has 0 saturated carbocycles. The molecule has 0 spiro atoms. The lowest BCUT2D eigenvalue weighted by Crippen LogP contribution is -2.36. The number of imidazole rings is 1. The minimum absolute atomic E-state index is 0.208. The first-order valence-electron chi connectivity index (χ1n) is 7.54. The van der Waals surface area contributed by atoms with Gasteiger partial charge in [0.05, 0.1) is 24.2 Å². The van der Waals surface area contributed by atoms with Gasteiger partial charge in [-0.05, 0) is 19.4 Å². The number of piperidine rings is 1. The Kier molecular flexibility index (Phi) is 4.84. The van der Waals surface area contributed by atoms with Crippen molar-refractivity contribution in [1.29, 1.82) is 0 Å². The third-order valence-corrected chi connectivity index (χ3v) is 4.71. The predicted molar refractivity (Wildman–Crippen MR) is 84.1 cm³/mol. The van der Waals surface area contributed by atoms with E-state index in [-0.39, 0.29) is 6.42 Å². The topological polar surface area (TPSA) is 71.2 Å². The van der Waals surface area contributed by atoms with E-state index in [4.69, 9.17) is 5.11 Å². The first kappa shape index (κ1) is 15.2. The number of thiazole rings is 1. The van der Waals surface area contributed by atoms with E-state index in [1.165, 1.54) is 0 Å². The zero-order chi connectivity index (χ0) is 15.4. The molecule has 0 aromatic carbocycles. The van der Waals surface area contributed by atoms with E-state index in [1.807, 2.05) is 17.9 Å². The average Bonchev–Trinajstić information content (AvgIpc) is 3.18. The van der Waals surface area contributed by atoms with Gasteiger partial charge >= 0.3 is 5.97 Å². The van der Waals surface area contributed by atoms with E-state index in [0.717, 1.165) is 44.0 Å². The summed E-state index contributed by atoms with van der Waals surface area (Å²) >= 11 is 1.60. The summed E-state index contributed by atoms with van der Waals surface area (Å²) in [5.74, 6) is 0.733. The zero-order valence-corrected chi connectivity index (χ0v) is 13.2. The van der Waals surface area contributed by atoms with E-state index in [9.17, 15) is 4.79 Å². The molecule has 3 rings (SSSR count). The number of nitrogens with zero attached hydrogens (tertiary/aromatic N) is 4. The van der Waals surface area contributed by atoms with Gasteiger partial charge in [-0.25, -0.2) is 9.97 Å². The Bertz CT molecular complexity index is 611. The van der Waals surface area contributed by atoms with Gasteiger partial charge in [0.1, 0.15) is 5.82 Å². The Morgan fingerprint density at radius 3 is 3.14 bits per heavy atom. The Hall–Kier alpha value is -1.73. The minimum atomic E-state index is -0.729. The molecule has 1 fully saturated rings. The van der Waals surface area contributed by atoms with Crippen molar-refractivity contribution in [2.24, 2.45) is 0 Å². The SMILES string of the molecule is O=C(O)CCN1CCCC(c2nccn2Cc2cscn2)C1. The third-order valence-electron chi connectivity index (χ3n) is 4.08. The second kappa shape index (κ2) is 7.02. The van der Waals surface area contributed by atoms with Crippen LogP contribution >= 0.6 is 11.3 Å². The highest BCUT2D eigenvalue weighted by Crippen LogP contribution is 2.26. The largest absolute Gasteiger partial charge is 0.481 e. The number of rotatable bonds is 6.